The zero-order chi connectivity index (χ0) is 35.8. The van der Waals surface area contributed by atoms with Crippen molar-refractivity contribution in [3.8, 4) is 44.7 Å². The van der Waals surface area contributed by atoms with Gasteiger partial charge < -0.3 is 9.32 Å². The lowest BCUT2D eigenvalue weighted by Gasteiger charge is -2.26. The molecule has 0 bridgehead atoms. The smallest absolute Gasteiger partial charge is 0.135 e. The number of furan rings is 1. The van der Waals surface area contributed by atoms with Gasteiger partial charge in [-0.3, -0.25) is 0 Å². The second-order valence-electron chi connectivity index (χ2n) is 13.8. The van der Waals surface area contributed by atoms with E-state index in [1.165, 1.54) is 49.4 Å². The van der Waals surface area contributed by atoms with Crippen LogP contribution in [0, 0.1) is 0 Å². The van der Waals surface area contributed by atoms with Gasteiger partial charge in [0.1, 0.15) is 11.3 Å². The lowest BCUT2D eigenvalue weighted by atomic mass is 9.96. The van der Waals surface area contributed by atoms with Gasteiger partial charge in [-0.1, -0.05) is 152 Å². The SMILES string of the molecule is c1ccc(N(c2ccc(-c3ccc(-c4cccc5ccccc45)cc3)cc2)c2ccc3cc(-c4cccc(-c5cc6ccccc6o5)c4)ccc3c2)cc1. The molecule has 54 heavy (non-hydrogen) atoms. The molecule has 0 aliphatic heterocycles. The number of fused-ring (bicyclic) bond motifs is 3. The summed E-state index contributed by atoms with van der Waals surface area (Å²) in [7, 11) is 0. The minimum absolute atomic E-state index is 0.882. The number of hydrogen-bond donors (Lipinski definition) is 0. The Labute approximate surface area is 314 Å². The first-order chi connectivity index (χ1) is 26.7. The lowest BCUT2D eigenvalue weighted by molar-refractivity contribution is 0.631. The summed E-state index contributed by atoms with van der Waals surface area (Å²) < 4.78 is 6.18. The summed E-state index contributed by atoms with van der Waals surface area (Å²) in [4.78, 5) is 2.33. The minimum atomic E-state index is 0.882. The Morgan fingerprint density at radius 2 is 0.870 bits per heavy atom. The van der Waals surface area contributed by atoms with Gasteiger partial charge in [-0.25, -0.2) is 0 Å². The van der Waals surface area contributed by atoms with E-state index in [1.807, 2.05) is 18.2 Å². The van der Waals surface area contributed by atoms with Gasteiger partial charge in [-0.05, 0) is 116 Å². The van der Waals surface area contributed by atoms with Crippen molar-refractivity contribution in [1.29, 1.82) is 0 Å². The quantitative estimate of drug-likeness (QED) is 0.166. The van der Waals surface area contributed by atoms with Crippen LogP contribution < -0.4 is 4.90 Å². The lowest BCUT2D eigenvalue weighted by Crippen LogP contribution is -2.09. The van der Waals surface area contributed by atoms with Crippen LogP contribution in [0.5, 0.6) is 0 Å². The summed E-state index contributed by atoms with van der Waals surface area (Å²) in [6, 6.07) is 75.9. The number of anilines is 3. The molecule has 0 saturated carbocycles. The van der Waals surface area contributed by atoms with Gasteiger partial charge in [0.05, 0.1) is 0 Å². The average molecular weight is 690 g/mol. The van der Waals surface area contributed by atoms with Crippen molar-refractivity contribution in [1.82, 2.24) is 0 Å². The number of nitrogens with zero attached hydrogens (tertiary/aromatic N) is 1. The van der Waals surface area contributed by atoms with Gasteiger partial charge >= 0.3 is 0 Å². The van der Waals surface area contributed by atoms with Gasteiger partial charge in [0, 0.05) is 28.0 Å². The number of rotatable bonds is 7. The molecular formula is C52H35NO. The number of hydrogen-bond acceptors (Lipinski definition) is 2. The molecule has 1 heterocycles. The molecule has 2 nitrogen and oxygen atoms in total. The number of benzene rings is 9. The Hall–Kier alpha value is -7.16. The average Bonchev–Trinajstić information content (AvgIpc) is 3.69. The molecule has 0 unspecified atom stereocenters. The van der Waals surface area contributed by atoms with Crippen molar-refractivity contribution in [2.75, 3.05) is 4.90 Å². The molecule has 0 saturated heterocycles. The topological polar surface area (TPSA) is 16.4 Å². The van der Waals surface area contributed by atoms with Crippen molar-refractivity contribution in [3.63, 3.8) is 0 Å². The highest BCUT2D eigenvalue weighted by Gasteiger charge is 2.14. The van der Waals surface area contributed by atoms with Crippen LogP contribution in [0.25, 0.3) is 77.2 Å². The first-order valence-electron chi connectivity index (χ1n) is 18.4. The molecule has 0 spiro atoms. The molecule has 1 aromatic heterocycles. The molecule has 10 rings (SSSR count). The Balaban J connectivity index is 0.946. The van der Waals surface area contributed by atoms with Gasteiger partial charge in [-0.2, -0.15) is 0 Å². The second kappa shape index (κ2) is 13.4. The molecule has 10 aromatic rings. The van der Waals surface area contributed by atoms with E-state index in [2.05, 4.69) is 199 Å². The van der Waals surface area contributed by atoms with Gasteiger partial charge in [0.15, 0.2) is 0 Å². The van der Waals surface area contributed by atoms with Crippen LogP contribution in [-0.2, 0) is 0 Å². The Kier molecular flexibility index (Phi) is 7.85. The number of para-hydroxylation sites is 2. The van der Waals surface area contributed by atoms with E-state index < -0.39 is 0 Å². The first-order valence-corrected chi connectivity index (χ1v) is 18.4. The minimum Gasteiger partial charge on any atom is -0.456 e. The Morgan fingerprint density at radius 3 is 1.70 bits per heavy atom. The van der Waals surface area contributed by atoms with Crippen molar-refractivity contribution >= 4 is 49.6 Å². The van der Waals surface area contributed by atoms with Crippen LogP contribution in [0.15, 0.2) is 217 Å². The van der Waals surface area contributed by atoms with Crippen LogP contribution in [0.1, 0.15) is 0 Å². The van der Waals surface area contributed by atoms with Crippen molar-refractivity contribution < 1.29 is 4.42 Å². The second-order valence-corrected chi connectivity index (χ2v) is 13.8. The molecular weight excluding hydrogens is 655 g/mol. The molecule has 0 aliphatic rings. The van der Waals surface area contributed by atoms with Gasteiger partial charge in [0.2, 0.25) is 0 Å². The van der Waals surface area contributed by atoms with Crippen LogP contribution in [0.2, 0.25) is 0 Å². The van der Waals surface area contributed by atoms with E-state index in [9.17, 15) is 0 Å². The van der Waals surface area contributed by atoms with E-state index in [-0.39, 0.29) is 0 Å². The van der Waals surface area contributed by atoms with Crippen LogP contribution >= 0.6 is 0 Å². The summed E-state index contributed by atoms with van der Waals surface area (Å²) in [5.74, 6) is 0.882. The van der Waals surface area contributed by atoms with E-state index in [0.29, 0.717) is 0 Å². The molecule has 9 aromatic carbocycles. The highest BCUT2D eigenvalue weighted by atomic mass is 16.3. The summed E-state index contributed by atoms with van der Waals surface area (Å²) >= 11 is 0. The van der Waals surface area contributed by atoms with Crippen molar-refractivity contribution in [2.45, 2.75) is 0 Å². The molecule has 0 N–H and O–H groups in total. The molecule has 0 aliphatic carbocycles. The third-order valence-electron chi connectivity index (χ3n) is 10.4. The molecule has 0 amide bonds. The fourth-order valence-electron chi connectivity index (χ4n) is 7.67. The van der Waals surface area contributed by atoms with Crippen LogP contribution in [-0.4, -0.2) is 0 Å². The van der Waals surface area contributed by atoms with Crippen molar-refractivity contribution in [2.24, 2.45) is 0 Å². The predicted octanol–water partition coefficient (Wildman–Crippen LogP) is 14.9. The zero-order valence-electron chi connectivity index (χ0n) is 29.6. The maximum atomic E-state index is 6.18. The van der Waals surface area contributed by atoms with E-state index in [0.717, 1.165) is 44.9 Å². The van der Waals surface area contributed by atoms with E-state index >= 15 is 0 Å². The summed E-state index contributed by atoms with van der Waals surface area (Å²) in [5.41, 5.74) is 12.5. The van der Waals surface area contributed by atoms with Crippen LogP contribution in [0.3, 0.4) is 0 Å². The maximum absolute atomic E-state index is 6.18. The third-order valence-corrected chi connectivity index (χ3v) is 10.4. The Morgan fingerprint density at radius 1 is 0.296 bits per heavy atom. The normalized spacial score (nSPS) is 11.3. The summed E-state index contributed by atoms with van der Waals surface area (Å²) in [6.07, 6.45) is 0. The standard InChI is InChI=1S/C52H35NO/c1-2-15-46(16-3-1)53(47-29-26-37(27-30-47)36-20-22-39(23-21-36)50-18-9-12-38-10-4-6-17-49(38)50)48-31-28-42-32-41(24-25-43(42)34-48)40-13-8-14-44(33-40)52-35-45-11-5-7-19-51(45)54-52/h1-35H. The zero-order valence-corrected chi connectivity index (χ0v) is 29.6. The highest BCUT2D eigenvalue weighted by Crippen LogP contribution is 2.39. The monoisotopic (exact) mass is 689 g/mol. The first kappa shape index (κ1) is 31.6. The van der Waals surface area contributed by atoms with E-state index in [1.54, 1.807) is 0 Å². The predicted molar refractivity (Wildman–Crippen MR) is 228 cm³/mol. The molecule has 254 valence electrons. The summed E-state index contributed by atoms with van der Waals surface area (Å²) in [5, 5.41) is 6.03. The largest absolute Gasteiger partial charge is 0.456 e. The molecule has 0 radical (unpaired) electrons. The maximum Gasteiger partial charge on any atom is 0.135 e. The Bertz CT molecular complexity index is 2880. The van der Waals surface area contributed by atoms with Gasteiger partial charge in [-0.15, -0.1) is 0 Å². The van der Waals surface area contributed by atoms with Crippen molar-refractivity contribution in [3.05, 3.63) is 212 Å². The van der Waals surface area contributed by atoms with Crippen LogP contribution in [0.4, 0.5) is 17.1 Å². The molecule has 0 fully saturated rings. The highest BCUT2D eigenvalue weighted by molar-refractivity contribution is 5.97. The summed E-state index contributed by atoms with van der Waals surface area (Å²) in [6.45, 7) is 0. The van der Waals surface area contributed by atoms with E-state index in [4.69, 9.17) is 4.42 Å². The fraction of sp³-hybridized carbons (Fsp3) is 0. The van der Waals surface area contributed by atoms with Gasteiger partial charge in [0.25, 0.3) is 0 Å². The fourth-order valence-corrected chi connectivity index (χ4v) is 7.67. The third kappa shape index (κ3) is 5.90. The molecule has 2 heteroatoms. The molecule has 0 atom stereocenters.